The summed E-state index contributed by atoms with van der Waals surface area (Å²) in [7, 11) is 4.03. The zero-order valence-corrected chi connectivity index (χ0v) is 10.1. The number of hydrogen-bond donors (Lipinski definition) is 1. The van der Waals surface area contributed by atoms with Crippen molar-refractivity contribution in [1.82, 2.24) is 15.1 Å². The highest BCUT2D eigenvalue weighted by molar-refractivity contribution is 5.08. The van der Waals surface area contributed by atoms with Gasteiger partial charge in [0.1, 0.15) is 0 Å². The molecule has 2 atom stereocenters. The molecule has 1 aromatic rings. The van der Waals surface area contributed by atoms with Gasteiger partial charge in [0.05, 0.1) is 5.69 Å². The van der Waals surface area contributed by atoms with E-state index in [-0.39, 0.29) is 0 Å². The van der Waals surface area contributed by atoms with E-state index in [4.69, 9.17) is 0 Å². The monoisotopic (exact) mass is 207 g/mol. The standard InChI is InChI=1S/C12H21N3/c1-12(2)8-10(12)11(13-3)7-9-5-6-15(4)14-9/h5-6,10-11,13H,7-8H2,1-4H3. The van der Waals surface area contributed by atoms with E-state index in [0.29, 0.717) is 11.5 Å². The second kappa shape index (κ2) is 3.63. The fraction of sp³-hybridized carbons (Fsp3) is 0.750. The Kier molecular flexibility index (Phi) is 2.59. The molecule has 1 saturated carbocycles. The first kappa shape index (κ1) is 10.7. The molecular weight excluding hydrogens is 186 g/mol. The summed E-state index contributed by atoms with van der Waals surface area (Å²) in [5, 5.41) is 7.86. The van der Waals surface area contributed by atoms with Gasteiger partial charge in [-0.05, 0) is 30.9 Å². The molecule has 2 unspecified atom stereocenters. The predicted molar refractivity (Wildman–Crippen MR) is 61.6 cm³/mol. The fourth-order valence-electron chi connectivity index (χ4n) is 2.44. The Morgan fingerprint density at radius 2 is 2.33 bits per heavy atom. The zero-order valence-electron chi connectivity index (χ0n) is 10.1. The van der Waals surface area contributed by atoms with E-state index in [0.717, 1.165) is 12.3 Å². The summed E-state index contributed by atoms with van der Waals surface area (Å²) < 4.78 is 1.88. The van der Waals surface area contributed by atoms with Crippen LogP contribution < -0.4 is 5.32 Å². The van der Waals surface area contributed by atoms with Gasteiger partial charge in [0.25, 0.3) is 0 Å². The number of nitrogens with zero attached hydrogens (tertiary/aromatic N) is 2. The van der Waals surface area contributed by atoms with Crippen LogP contribution in [0.5, 0.6) is 0 Å². The van der Waals surface area contributed by atoms with E-state index in [1.807, 2.05) is 17.9 Å². The molecule has 15 heavy (non-hydrogen) atoms. The van der Waals surface area contributed by atoms with Crippen molar-refractivity contribution in [1.29, 1.82) is 0 Å². The molecule has 0 aliphatic heterocycles. The molecule has 2 rings (SSSR count). The molecule has 0 radical (unpaired) electrons. The topological polar surface area (TPSA) is 29.9 Å². The van der Waals surface area contributed by atoms with Gasteiger partial charge < -0.3 is 5.32 Å². The summed E-state index contributed by atoms with van der Waals surface area (Å²) in [5.74, 6) is 0.810. The van der Waals surface area contributed by atoms with Crippen molar-refractivity contribution in [2.24, 2.45) is 18.4 Å². The van der Waals surface area contributed by atoms with Crippen LogP contribution in [0, 0.1) is 11.3 Å². The summed E-state index contributed by atoms with van der Waals surface area (Å²) in [4.78, 5) is 0. The van der Waals surface area contributed by atoms with Crippen molar-refractivity contribution < 1.29 is 0 Å². The lowest BCUT2D eigenvalue weighted by atomic mass is 10.00. The van der Waals surface area contributed by atoms with Crippen LogP contribution in [0.3, 0.4) is 0 Å². The third-order valence-electron chi connectivity index (χ3n) is 3.64. The highest BCUT2D eigenvalue weighted by Gasteiger charge is 2.49. The molecule has 3 heteroatoms. The Balaban J connectivity index is 1.98. The molecule has 0 saturated heterocycles. The molecule has 0 bridgehead atoms. The first-order valence-corrected chi connectivity index (χ1v) is 5.69. The molecule has 0 spiro atoms. The van der Waals surface area contributed by atoms with E-state index >= 15 is 0 Å². The van der Waals surface area contributed by atoms with Crippen molar-refractivity contribution in [3.63, 3.8) is 0 Å². The van der Waals surface area contributed by atoms with Gasteiger partial charge in [-0.1, -0.05) is 13.8 Å². The number of aromatic nitrogens is 2. The minimum Gasteiger partial charge on any atom is -0.316 e. The minimum atomic E-state index is 0.530. The zero-order chi connectivity index (χ0) is 11.1. The number of rotatable bonds is 4. The molecular formula is C12H21N3. The highest BCUT2D eigenvalue weighted by Crippen LogP contribution is 2.53. The SMILES string of the molecule is CNC(Cc1ccn(C)n1)C1CC1(C)C. The van der Waals surface area contributed by atoms with Gasteiger partial charge in [-0.15, -0.1) is 0 Å². The summed E-state index contributed by atoms with van der Waals surface area (Å²) in [6.45, 7) is 4.70. The molecule has 1 aliphatic rings. The highest BCUT2D eigenvalue weighted by atomic mass is 15.2. The van der Waals surface area contributed by atoms with Crippen LogP contribution in [0.25, 0.3) is 0 Å². The lowest BCUT2D eigenvalue weighted by Crippen LogP contribution is -2.31. The first-order chi connectivity index (χ1) is 7.03. The van der Waals surface area contributed by atoms with Crippen LogP contribution in [0.4, 0.5) is 0 Å². The second-order valence-electron chi connectivity index (χ2n) is 5.38. The lowest BCUT2D eigenvalue weighted by molar-refractivity contribution is 0.422. The van der Waals surface area contributed by atoms with Crippen molar-refractivity contribution >= 4 is 0 Å². The van der Waals surface area contributed by atoms with Crippen LogP contribution in [-0.4, -0.2) is 22.9 Å². The van der Waals surface area contributed by atoms with Gasteiger partial charge >= 0.3 is 0 Å². The summed E-state index contributed by atoms with van der Waals surface area (Å²) in [6, 6.07) is 2.69. The van der Waals surface area contributed by atoms with Gasteiger partial charge in [-0.25, -0.2) is 0 Å². The van der Waals surface area contributed by atoms with E-state index in [1.165, 1.54) is 12.1 Å². The quantitative estimate of drug-likeness (QED) is 0.812. The van der Waals surface area contributed by atoms with E-state index in [2.05, 4.69) is 37.4 Å². The van der Waals surface area contributed by atoms with E-state index in [9.17, 15) is 0 Å². The molecule has 1 aromatic heterocycles. The predicted octanol–water partition coefficient (Wildman–Crippen LogP) is 1.60. The van der Waals surface area contributed by atoms with Crippen LogP contribution in [0.2, 0.25) is 0 Å². The van der Waals surface area contributed by atoms with Crippen molar-refractivity contribution in [2.45, 2.75) is 32.7 Å². The Labute approximate surface area is 91.9 Å². The number of hydrogen-bond acceptors (Lipinski definition) is 2. The molecule has 84 valence electrons. The molecule has 1 N–H and O–H groups in total. The fourth-order valence-corrected chi connectivity index (χ4v) is 2.44. The largest absolute Gasteiger partial charge is 0.316 e. The maximum absolute atomic E-state index is 4.43. The van der Waals surface area contributed by atoms with Crippen molar-refractivity contribution in [3.8, 4) is 0 Å². The molecule has 0 amide bonds. The maximum atomic E-state index is 4.43. The average Bonchev–Trinajstić information content (AvgIpc) is 2.59. The van der Waals surface area contributed by atoms with Crippen LogP contribution in [0.1, 0.15) is 26.0 Å². The third-order valence-corrected chi connectivity index (χ3v) is 3.64. The molecule has 1 aliphatic carbocycles. The second-order valence-corrected chi connectivity index (χ2v) is 5.38. The maximum Gasteiger partial charge on any atom is 0.0640 e. The number of nitrogens with one attached hydrogen (secondary N) is 1. The van der Waals surface area contributed by atoms with Crippen molar-refractivity contribution in [3.05, 3.63) is 18.0 Å². The summed E-state index contributed by atoms with van der Waals surface area (Å²) in [6.07, 6.45) is 4.40. The molecule has 0 aromatic carbocycles. The van der Waals surface area contributed by atoms with Gasteiger partial charge in [0.2, 0.25) is 0 Å². The minimum absolute atomic E-state index is 0.530. The van der Waals surface area contributed by atoms with Crippen molar-refractivity contribution in [2.75, 3.05) is 7.05 Å². The van der Waals surface area contributed by atoms with Crippen LogP contribution in [0.15, 0.2) is 12.3 Å². The number of aryl methyl sites for hydroxylation is 1. The molecule has 1 fully saturated rings. The molecule has 1 heterocycles. The lowest BCUT2D eigenvalue weighted by Gasteiger charge is -2.16. The molecule has 3 nitrogen and oxygen atoms in total. The van der Waals surface area contributed by atoms with Gasteiger partial charge in [-0.3, -0.25) is 4.68 Å². The van der Waals surface area contributed by atoms with E-state index < -0.39 is 0 Å². The Bertz CT molecular complexity index is 340. The third kappa shape index (κ3) is 2.23. The Hall–Kier alpha value is -0.830. The first-order valence-electron chi connectivity index (χ1n) is 5.69. The van der Waals surface area contributed by atoms with Gasteiger partial charge in [0, 0.05) is 25.7 Å². The van der Waals surface area contributed by atoms with E-state index in [1.54, 1.807) is 0 Å². The van der Waals surface area contributed by atoms with Crippen LogP contribution >= 0.6 is 0 Å². The average molecular weight is 207 g/mol. The smallest absolute Gasteiger partial charge is 0.0640 e. The van der Waals surface area contributed by atoms with Gasteiger partial charge in [-0.2, -0.15) is 5.10 Å². The van der Waals surface area contributed by atoms with Crippen LogP contribution in [-0.2, 0) is 13.5 Å². The van der Waals surface area contributed by atoms with Gasteiger partial charge in [0.15, 0.2) is 0 Å². The summed E-state index contributed by atoms with van der Waals surface area (Å²) in [5.41, 5.74) is 1.72. The summed E-state index contributed by atoms with van der Waals surface area (Å²) >= 11 is 0. The Morgan fingerprint density at radius 3 is 2.73 bits per heavy atom. The normalized spacial score (nSPS) is 25.2. The number of likely N-dealkylation sites (N-methyl/N-ethyl adjacent to an activating group) is 1. The Morgan fingerprint density at radius 1 is 1.67 bits per heavy atom.